The monoisotopic (exact) mass is 265 g/mol. The molecule has 20 heavy (non-hydrogen) atoms. The summed E-state index contributed by atoms with van der Waals surface area (Å²) in [6.45, 7) is 1.96. The first-order valence-corrected chi connectivity index (χ1v) is 6.63. The van der Waals surface area contributed by atoms with Crippen molar-refractivity contribution in [1.82, 2.24) is 0 Å². The molecule has 2 aromatic carbocycles. The summed E-state index contributed by atoms with van der Waals surface area (Å²) in [5.74, 6) is 1.46. The van der Waals surface area contributed by atoms with Crippen molar-refractivity contribution in [2.24, 2.45) is 0 Å². The number of hydrogen-bond donors (Lipinski definition) is 0. The van der Waals surface area contributed by atoms with Crippen LogP contribution >= 0.6 is 0 Å². The summed E-state index contributed by atoms with van der Waals surface area (Å²) in [5.41, 5.74) is 1.91. The highest BCUT2D eigenvalue weighted by molar-refractivity contribution is 5.82. The second kappa shape index (κ2) is 4.57. The molecule has 1 atom stereocenters. The molecule has 100 valence electrons. The first-order valence-electron chi connectivity index (χ1n) is 6.63. The molecule has 0 fully saturated rings. The molecule has 1 aliphatic heterocycles. The lowest BCUT2D eigenvalue weighted by Crippen LogP contribution is -2.34. The predicted molar refractivity (Wildman–Crippen MR) is 76.6 cm³/mol. The van der Waals surface area contributed by atoms with Crippen molar-refractivity contribution in [2.45, 2.75) is 18.9 Å². The summed E-state index contributed by atoms with van der Waals surface area (Å²) < 4.78 is 11.5. The van der Waals surface area contributed by atoms with E-state index >= 15 is 0 Å². The van der Waals surface area contributed by atoms with Gasteiger partial charge >= 0.3 is 0 Å². The number of hydrogen-bond acceptors (Lipinski definition) is 3. The lowest BCUT2D eigenvalue weighted by Gasteiger charge is -2.35. The first-order chi connectivity index (χ1) is 9.75. The highest BCUT2D eigenvalue weighted by atomic mass is 16.5. The third-order valence-corrected chi connectivity index (χ3v) is 3.80. The molecular weight excluding hydrogens is 250 g/mol. The van der Waals surface area contributed by atoms with E-state index < -0.39 is 5.60 Å². The summed E-state index contributed by atoms with van der Waals surface area (Å²) in [4.78, 5) is 0. The van der Waals surface area contributed by atoms with Crippen LogP contribution in [-0.2, 0) is 5.60 Å². The van der Waals surface area contributed by atoms with Gasteiger partial charge in [0.2, 0.25) is 5.60 Å². The van der Waals surface area contributed by atoms with Crippen LogP contribution in [0.3, 0.4) is 0 Å². The van der Waals surface area contributed by atoms with Crippen LogP contribution in [0.15, 0.2) is 42.5 Å². The average molecular weight is 265 g/mol. The van der Waals surface area contributed by atoms with Crippen LogP contribution in [0.25, 0.3) is 11.1 Å². The lowest BCUT2D eigenvalue weighted by molar-refractivity contribution is 0.119. The Morgan fingerprint density at radius 1 is 1.20 bits per heavy atom. The van der Waals surface area contributed by atoms with Gasteiger partial charge in [-0.25, -0.2) is 0 Å². The van der Waals surface area contributed by atoms with E-state index in [2.05, 4.69) is 6.07 Å². The van der Waals surface area contributed by atoms with Crippen molar-refractivity contribution in [3.8, 4) is 28.7 Å². The number of nitriles is 1. The molecule has 0 saturated heterocycles. The van der Waals surface area contributed by atoms with E-state index in [1.165, 1.54) is 0 Å². The molecule has 1 aliphatic rings. The van der Waals surface area contributed by atoms with Crippen molar-refractivity contribution in [3.63, 3.8) is 0 Å². The number of benzene rings is 2. The maximum absolute atomic E-state index is 9.63. The zero-order chi connectivity index (χ0) is 14.2. The highest BCUT2D eigenvalue weighted by Crippen LogP contribution is 2.49. The largest absolute Gasteiger partial charge is 0.496 e. The summed E-state index contributed by atoms with van der Waals surface area (Å²) in [7, 11) is 1.64. The molecule has 0 radical (unpaired) electrons. The SMILES string of the molecule is CCC1(C#N)Oc2cccc(OC)c2-c2ccccc21. The number of nitrogens with zero attached hydrogens (tertiary/aromatic N) is 1. The number of rotatable bonds is 2. The second-order valence-electron chi connectivity index (χ2n) is 4.77. The Balaban J connectivity index is 2.35. The molecule has 0 bridgehead atoms. The number of fused-ring (bicyclic) bond motifs is 3. The van der Waals surface area contributed by atoms with Crippen molar-refractivity contribution in [2.75, 3.05) is 7.11 Å². The molecule has 3 heteroatoms. The van der Waals surface area contributed by atoms with Gasteiger partial charge in [-0.2, -0.15) is 5.26 Å². The quantitative estimate of drug-likeness (QED) is 0.827. The fourth-order valence-corrected chi connectivity index (χ4v) is 2.75. The van der Waals surface area contributed by atoms with Gasteiger partial charge in [0.1, 0.15) is 17.6 Å². The Kier molecular flexibility index (Phi) is 2.87. The predicted octanol–water partition coefficient (Wildman–Crippen LogP) is 3.88. The van der Waals surface area contributed by atoms with Crippen molar-refractivity contribution in [3.05, 3.63) is 48.0 Å². The smallest absolute Gasteiger partial charge is 0.220 e. The van der Waals surface area contributed by atoms with Gasteiger partial charge < -0.3 is 9.47 Å². The highest BCUT2D eigenvalue weighted by Gasteiger charge is 2.40. The van der Waals surface area contributed by atoms with E-state index in [4.69, 9.17) is 9.47 Å². The van der Waals surface area contributed by atoms with Crippen LogP contribution in [0.5, 0.6) is 11.5 Å². The summed E-state index contributed by atoms with van der Waals surface area (Å²) in [5, 5.41) is 9.63. The van der Waals surface area contributed by atoms with E-state index in [0.717, 1.165) is 22.4 Å². The Hall–Kier alpha value is -2.47. The van der Waals surface area contributed by atoms with Gasteiger partial charge in [0.25, 0.3) is 0 Å². The van der Waals surface area contributed by atoms with Crippen molar-refractivity contribution in [1.29, 1.82) is 5.26 Å². The molecule has 1 unspecified atom stereocenters. The maximum atomic E-state index is 9.63. The fraction of sp³-hybridized carbons (Fsp3) is 0.235. The standard InChI is InChI=1S/C17H15NO2/c1-3-17(11-18)13-8-5-4-7-12(13)16-14(19-2)9-6-10-15(16)20-17/h4-10H,3H2,1-2H3. The van der Waals surface area contributed by atoms with Gasteiger partial charge in [-0.05, 0) is 17.7 Å². The molecule has 0 saturated carbocycles. The van der Waals surface area contributed by atoms with Gasteiger partial charge in [-0.3, -0.25) is 0 Å². The molecule has 0 amide bonds. The minimum absolute atomic E-state index is 0.594. The van der Waals surface area contributed by atoms with Gasteiger partial charge in [0.05, 0.1) is 12.7 Å². The molecule has 0 aliphatic carbocycles. The number of methoxy groups -OCH3 is 1. The van der Waals surface area contributed by atoms with Crippen LogP contribution < -0.4 is 9.47 Å². The van der Waals surface area contributed by atoms with Gasteiger partial charge in [-0.1, -0.05) is 37.3 Å². The minimum atomic E-state index is -0.921. The van der Waals surface area contributed by atoms with Crippen LogP contribution in [0.1, 0.15) is 18.9 Å². The summed E-state index contributed by atoms with van der Waals surface area (Å²) in [6, 6.07) is 15.9. The average Bonchev–Trinajstić information content (AvgIpc) is 2.53. The summed E-state index contributed by atoms with van der Waals surface area (Å²) >= 11 is 0. The molecule has 0 spiro atoms. The van der Waals surface area contributed by atoms with E-state index in [1.54, 1.807) is 7.11 Å². The Bertz CT molecular complexity index is 702. The molecule has 0 aromatic heterocycles. The fourth-order valence-electron chi connectivity index (χ4n) is 2.75. The van der Waals surface area contributed by atoms with Crippen molar-refractivity contribution < 1.29 is 9.47 Å². The van der Waals surface area contributed by atoms with Crippen LogP contribution in [0.2, 0.25) is 0 Å². The van der Waals surface area contributed by atoms with Crippen LogP contribution in [0, 0.1) is 11.3 Å². The lowest BCUT2D eigenvalue weighted by atomic mass is 9.83. The zero-order valence-electron chi connectivity index (χ0n) is 11.5. The summed E-state index contributed by atoms with van der Waals surface area (Å²) in [6.07, 6.45) is 0.594. The maximum Gasteiger partial charge on any atom is 0.220 e. The van der Waals surface area contributed by atoms with E-state index in [-0.39, 0.29) is 0 Å². The Morgan fingerprint density at radius 2 is 2.00 bits per heavy atom. The molecule has 3 rings (SSSR count). The minimum Gasteiger partial charge on any atom is -0.496 e. The second-order valence-corrected chi connectivity index (χ2v) is 4.77. The third-order valence-electron chi connectivity index (χ3n) is 3.80. The van der Waals surface area contributed by atoms with E-state index in [9.17, 15) is 5.26 Å². The molecule has 2 aromatic rings. The van der Waals surface area contributed by atoms with Gasteiger partial charge in [-0.15, -0.1) is 0 Å². The third kappa shape index (κ3) is 1.58. The molecule has 1 heterocycles. The topological polar surface area (TPSA) is 42.2 Å². The van der Waals surface area contributed by atoms with E-state index in [0.29, 0.717) is 12.2 Å². The molecular formula is C17H15NO2. The normalized spacial score (nSPS) is 19.2. The van der Waals surface area contributed by atoms with Crippen LogP contribution in [-0.4, -0.2) is 7.11 Å². The zero-order valence-corrected chi connectivity index (χ0v) is 11.5. The number of ether oxygens (including phenoxy) is 2. The Labute approximate surface area is 118 Å². The molecule has 3 nitrogen and oxygen atoms in total. The van der Waals surface area contributed by atoms with E-state index in [1.807, 2.05) is 49.4 Å². The van der Waals surface area contributed by atoms with Gasteiger partial charge in [0.15, 0.2) is 0 Å². The van der Waals surface area contributed by atoms with Gasteiger partial charge in [0, 0.05) is 12.0 Å². The molecule has 0 N–H and O–H groups in total. The first kappa shape index (κ1) is 12.6. The van der Waals surface area contributed by atoms with Crippen molar-refractivity contribution >= 4 is 0 Å². The Morgan fingerprint density at radius 3 is 2.70 bits per heavy atom. The van der Waals surface area contributed by atoms with Crippen LogP contribution in [0.4, 0.5) is 0 Å².